The largest absolute Gasteiger partial charge is 0.352 e. The van der Waals surface area contributed by atoms with Gasteiger partial charge in [-0.3, -0.25) is 4.98 Å². The van der Waals surface area contributed by atoms with E-state index in [-0.39, 0.29) is 4.90 Å². The molecule has 2 aromatic heterocycles. The average molecular weight is 416 g/mol. The summed E-state index contributed by atoms with van der Waals surface area (Å²) in [6, 6.07) is 15.7. The lowest BCUT2D eigenvalue weighted by molar-refractivity contribution is 0.383. The fourth-order valence-corrected chi connectivity index (χ4v) is 4.80. The van der Waals surface area contributed by atoms with Gasteiger partial charge in [0.05, 0.1) is 10.6 Å². The average Bonchev–Trinajstić information content (AvgIpc) is 2.75. The fraction of sp³-hybridized carbons (Fsp3) is 0.211. The molecule has 0 aliphatic carbocycles. The summed E-state index contributed by atoms with van der Waals surface area (Å²) < 4.78 is 27.1. The minimum Gasteiger partial charge on any atom is -0.352 e. The Kier molecular flexibility index (Phi) is 5.25. The van der Waals surface area contributed by atoms with Crippen molar-refractivity contribution in [2.45, 2.75) is 4.90 Å². The molecule has 1 saturated heterocycles. The van der Waals surface area contributed by atoms with Crippen molar-refractivity contribution in [2.24, 2.45) is 0 Å². The van der Waals surface area contributed by atoms with Crippen molar-refractivity contribution in [3.63, 3.8) is 0 Å². The van der Waals surface area contributed by atoms with E-state index in [0.29, 0.717) is 36.9 Å². The number of benzene rings is 1. The number of halogens is 1. The Morgan fingerprint density at radius 1 is 0.857 bits per heavy atom. The third-order valence-electron chi connectivity index (χ3n) is 4.57. The monoisotopic (exact) mass is 415 g/mol. The third kappa shape index (κ3) is 3.84. The summed E-state index contributed by atoms with van der Waals surface area (Å²) in [5.41, 5.74) is 1.46. The van der Waals surface area contributed by atoms with E-state index in [1.165, 1.54) is 10.4 Å². The predicted octanol–water partition coefficient (Wildman–Crippen LogP) is 2.70. The lowest BCUT2D eigenvalue weighted by Gasteiger charge is -2.34. The molecule has 7 nitrogen and oxygen atoms in total. The minimum atomic E-state index is -3.55. The number of hydrogen-bond donors (Lipinski definition) is 0. The summed E-state index contributed by atoms with van der Waals surface area (Å²) in [7, 11) is -3.55. The third-order valence-corrected chi connectivity index (χ3v) is 6.70. The molecule has 3 aromatic rings. The maximum absolute atomic E-state index is 12.8. The standard InChI is InChI=1S/C19H18ClN5O2S/c20-15-4-3-5-16(14-15)28(26,27)25-12-10-24(11-13-25)19-8-7-18(22-23-19)17-6-1-2-9-21-17/h1-9,14H,10-13H2. The van der Waals surface area contributed by atoms with Crippen LogP contribution >= 0.6 is 11.6 Å². The van der Waals surface area contributed by atoms with Gasteiger partial charge in [0.1, 0.15) is 5.69 Å². The first-order chi connectivity index (χ1) is 13.5. The van der Waals surface area contributed by atoms with Crippen LogP contribution in [0.15, 0.2) is 65.7 Å². The SMILES string of the molecule is O=S(=O)(c1cccc(Cl)c1)N1CCN(c2ccc(-c3ccccn3)nn2)CC1. The van der Waals surface area contributed by atoms with Gasteiger partial charge in [0, 0.05) is 37.4 Å². The lowest BCUT2D eigenvalue weighted by Crippen LogP contribution is -2.49. The van der Waals surface area contributed by atoms with Gasteiger partial charge >= 0.3 is 0 Å². The second-order valence-corrected chi connectivity index (χ2v) is 8.71. The first-order valence-electron chi connectivity index (χ1n) is 8.80. The maximum atomic E-state index is 12.8. The molecule has 3 heterocycles. The Morgan fingerprint density at radius 2 is 1.68 bits per heavy atom. The highest BCUT2D eigenvalue weighted by atomic mass is 35.5. The van der Waals surface area contributed by atoms with Crippen LogP contribution in [0.25, 0.3) is 11.4 Å². The van der Waals surface area contributed by atoms with Crippen molar-refractivity contribution < 1.29 is 8.42 Å². The molecule has 0 amide bonds. The Morgan fingerprint density at radius 3 is 2.32 bits per heavy atom. The number of rotatable bonds is 4. The first-order valence-corrected chi connectivity index (χ1v) is 10.6. The van der Waals surface area contributed by atoms with E-state index >= 15 is 0 Å². The molecular formula is C19H18ClN5O2S. The van der Waals surface area contributed by atoms with E-state index in [4.69, 9.17) is 11.6 Å². The molecule has 0 radical (unpaired) electrons. The van der Waals surface area contributed by atoms with Crippen LogP contribution in [0.5, 0.6) is 0 Å². The molecule has 0 spiro atoms. The highest BCUT2D eigenvalue weighted by molar-refractivity contribution is 7.89. The Hall–Kier alpha value is -2.55. The minimum absolute atomic E-state index is 0.216. The smallest absolute Gasteiger partial charge is 0.243 e. The summed E-state index contributed by atoms with van der Waals surface area (Å²) >= 11 is 5.94. The molecule has 9 heteroatoms. The highest BCUT2D eigenvalue weighted by Gasteiger charge is 2.29. The summed E-state index contributed by atoms with van der Waals surface area (Å²) in [6.45, 7) is 1.83. The van der Waals surface area contributed by atoms with Gasteiger partial charge in [-0.2, -0.15) is 4.31 Å². The van der Waals surface area contributed by atoms with E-state index in [1.54, 1.807) is 24.4 Å². The normalized spacial score (nSPS) is 15.5. The topological polar surface area (TPSA) is 79.3 Å². The van der Waals surface area contributed by atoms with Gasteiger partial charge in [-0.05, 0) is 42.5 Å². The lowest BCUT2D eigenvalue weighted by atomic mass is 10.2. The van der Waals surface area contributed by atoms with E-state index < -0.39 is 10.0 Å². The van der Waals surface area contributed by atoms with Crippen LogP contribution in [-0.2, 0) is 10.0 Å². The van der Waals surface area contributed by atoms with Crippen LogP contribution in [0.3, 0.4) is 0 Å². The summed E-state index contributed by atoms with van der Waals surface area (Å²) in [5.74, 6) is 0.722. The zero-order valence-corrected chi connectivity index (χ0v) is 16.5. The van der Waals surface area contributed by atoms with Gasteiger partial charge < -0.3 is 4.90 Å². The summed E-state index contributed by atoms with van der Waals surface area (Å²) in [6.07, 6.45) is 1.71. The fourth-order valence-electron chi connectivity index (χ4n) is 3.08. The first kappa shape index (κ1) is 18.8. The van der Waals surface area contributed by atoms with E-state index in [2.05, 4.69) is 15.2 Å². The Bertz CT molecular complexity index is 1050. The summed E-state index contributed by atoms with van der Waals surface area (Å²) in [5, 5.41) is 8.94. The van der Waals surface area contributed by atoms with Crippen molar-refractivity contribution >= 4 is 27.4 Å². The second-order valence-electron chi connectivity index (χ2n) is 6.34. The highest BCUT2D eigenvalue weighted by Crippen LogP contribution is 2.23. The van der Waals surface area contributed by atoms with Gasteiger partial charge in [0.15, 0.2) is 5.82 Å². The second kappa shape index (κ2) is 7.83. The van der Waals surface area contributed by atoms with Crippen molar-refractivity contribution in [3.05, 3.63) is 65.8 Å². The number of sulfonamides is 1. The zero-order valence-electron chi connectivity index (χ0n) is 14.9. The Labute approximate surface area is 168 Å². The molecule has 1 fully saturated rings. The summed E-state index contributed by atoms with van der Waals surface area (Å²) in [4.78, 5) is 6.51. The van der Waals surface area contributed by atoms with Gasteiger partial charge in [0.25, 0.3) is 0 Å². The van der Waals surface area contributed by atoms with Crippen LogP contribution in [0, 0.1) is 0 Å². The molecule has 4 rings (SSSR count). The molecule has 1 aliphatic heterocycles. The van der Waals surface area contributed by atoms with Crippen molar-refractivity contribution in [1.82, 2.24) is 19.5 Å². The van der Waals surface area contributed by atoms with Crippen molar-refractivity contribution in [3.8, 4) is 11.4 Å². The van der Waals surface area contributed by atoms with Gasteiger partial charge in [0.2, 0.25) is 10.0 Å². The van der Waals surface area contributed by atoms with Crippen LogP contribution in [0.4, 0.5) is 5.82 Å². The van der Waals surface area contributed by atoms with E-state index in [9.17, 15) is 8.42 Å². The molecule has 0 bridgehead atoms. The Balaban J connectivity index is 1.44. The van der Waals surface area contributed by atoms with Gasteiger partial charge in [-0.25, -0.2) is 8.42 Å². The van der Waals surface area contributed by atoms with Gasteiger partial charge in [-0.1, -0.05) is 23.7 Å². The van der Waals surface area contributed by atoms with Crippen LogP contribution < -0.4 is 4.90 Å². The molecule has 0 saturated carbocycles. The quantitative estimate of drug-likeness (QED) is 0.651. The van der Waals surface area contributed by atoms with E-state index in [1.807, 2.05) is 35.2 Å². The number of pyridine rings is 1. The number of anilines is 1. The van der Waals surface area contributed by atoms with Crippen LogP contribution in [0.1, 0.15) is 0 Å². The molecule has 0 unspecified atom stereocenters. The number of nitrogens with zero attached hydrogens (tertiary/aromatic N) is 5. The molecule has 1 aromatic carbocycles. The van der Waals surface area contributed by atoms with Gasteiger partial charge in [-0.15, -0.1) is 10.2 Å². The van der Waals surface area contributed by atoms with Crippen molar-refractivity contribution in [1.29, 1.82) is 0 Å². The number of hydrogen-bond acceptors (Lipinski definition) is 6. The van der Waals surface area contributed by atoms with Crippen LogP contribution in [0.2, 0.25) is 5.02 Å². The zero-order chi connectivity index (χ0) is 19.6. The van der Waals surface area contributed by atoms with Crippen molar-refractivity contribution in [2.75, 3.05) is 31.1 Å². The molecule has 0 atom stereocenters. The maximum Gasteiger partial charge on any atom is 0.243 e. The number of piperazine rings is 1. The van der Waals surface area contributed by atoms with Crippen LogP contribution in [-0.4, -0.2) is 54.1 Å². The number of aromatic nitrogens is 3. The predicted molar refractivity (Wildman–Crippen MR) is 108 cm³/mol. The molecule has 28 heavy (non-hydrogen) atoms. The molecule has 1 aliphatic rings. The molecular weight excluding hydrogens is 398 g/mol. The molecule has 144 valence electrons. The van der Waals surface area contributed by atoms with E-state index in [0.717, 1.165) is 11.5 Å². The molecule has 0 N–H and O–H groups in total.